The van der Waals surface area contributed by atoms with Crippen LogP contribution in [0.25, 0.3) is 0 Å². The van der Waals surface area contributed by atoms with Gasteiger partial charge in [0, 0.05) is 24.7 Å². The van der Waals surface area contributed by atoms with Gasteiger partial charge in [-0.25, -0.2) is 15.0 Å². The van der Waals surface area contributed by atoms with Gasteiger partial charge in [-0.15, -0.1) is 21.5 Å². The summed E-state index contributed by atoms with van der Waals surface area (Å²) in [7, 11) is 0. The second-order valence-electron chi connectivity index (χ2n) is 9.39. The van der Waals surface area contributed by atoms with E-state index in [1.165, 1.54) is 23.9 Å². The van der Waals surface area contributed by atoms with Crippen molar-refractivity contribution in [3.63, 3.8) is 0 Å². The van der Waals surface area contributed by atoms with Gasteiger partial charge in [0.1, 0.15) is 28.3 Å². The lowest BCUT2D eigenvalue weighted by atomic mass is 9.88. The van der Waals surface area contributed by atoms with E-state index in [-0.39, 0.29) is 17.4 Å². The molecule has 4 rings (SSSR count). The number of anilines is 2. The fourth-order valence-corrected chi connectivity index (χ4v) is 4.80. The first-order valence-electron chi connectivity index (χ1n) is 11.5. The van der Waals surface area contributed by atoms with Crippen molar-refractivity contribution in [3.05, 3.63) is 51.0 Å². The van der Waals surface area contributed by atoms with Crippen LogP contribution in [0.3, 0.4) is 0 Å². The molecular weight excluding hydrogens is 504 g/mol. The number of halogens is 1. The second kappa shape index (κ2) is 11.1. The zero-order valence-corrected chi connectivity index (χ0v) is 22.1. The van der Waals surface area contributed by atoms with Crippen LogP contribution in [0.2, 0.25) is 5.15 Å². The number of morpholine rings is 1. The van der Waals surface area contributed by atoms with Crippen LogP contribution in [-0.2, 0) is 10.2 Å². The topological polar surface area (TPSA) is 138 Å². The van der Waals surface area contributed by atoms with E-state index in [2.05, 4.69) is 40.7 Å². The smallest absolute Gasteiger partial charge is 0.268 e. The zero-order valence-electron chi connectivity index (χ0n) is 20.5. The highest BCUT2D eigenvalue weighted by Crippen LogP contribution is 2.29. The molecule has 0 bridgehead atoms. The summed E-state index contributed by atoms with van der Waals surface area (Å²) in [6.45, 7) is 10.6. The number of aromatic nitrogens is 5. The Morgan fingerprint density at radius 1 is 1.19 bits per heavy atom. The Labute approximate surface area is 218 Å². The number of aliphatic hydroxyl groups excluding tert-OH is 1. The van der Waals surface area contributed by atoms with Crippen LogP contribution in [-0.4, -0.2) is 62.5 Å². The Morgan fingerprint density at radius 3 is 2.67 bits per heavy atom. The number of hydrogen-bond acceptors (Lipinski definition) is 11. The molecule has 0 radical (unpaired) electrons. The van der Waals surface area contributed by atoms with Gasteiger partial charge >= 0.3 is 0 Å². The van der Waals surface area contributed by atoms with Gasteiger partial charge in [-0.1, -0.05) is 32.4 Å². The number of nitrogens with one attached hydrogen (secondary N) is 2. The molecule has 2 unspecified atom stereocenters. The molecule has 1 saturated heterocycles. The number of ether oxygens (including phenoxy) is 1. The summed E-state index contributed by atoms with van der Waals surface area (Å²) in [5, 5.41) is 25.4. The summed E-state index contributed by atoms with van der Waals surface area (Å²) < 4.78 is 5.38. The van der Waals surface area contributed by atoms with Crippen molar-refractivity contribution in [1.29, 1.82) is 0 Å². The highest BCUT2D eigenvalue weighted by Gasteiger charge is 2.22. The molecule has 1 aliphatic rings. The highest BCUT2D eigenvalue weighted by molar-refractivity contribution is 7.13. The zero-order chi connectivity index (χ0) is 25.9. The molecule has 11 nitrogen and oxygen atoms in total. The number of hydrogen-bond donors (Lipinski definition) is 3. The summed E-state index contributed by atoms with van der Waals surface area (Å²) in [5.74, 6) is 0.699. The largest absolute Gasteiger partial charge is 0.378 e. The van der Waals surface area contributed by atoms with Crippen molar-refractivity contribution >= 4 is 40.5 Å². The van der Waals surface area contributed by atoms with Gasteiger partial charge in [-0.05, 0) is 18.4 Å². The molecule has 3 aromatic heterocycles. The molecule has 0 spiro atoms. The van der Waals surface area contributed by atoms with E-state index >= 15 is 0 Å². The third-order valence-electron chi connectivity index (χ3n) is 5.61. The number of carbonyl (C=O) groups is 1. The molecule has 2 atom stereocenters. The maximum Gasteiger partial charge on any atom is 0.268 e. The Hall–Kier alpha value is -2.77. The second-order valence-corrected chi connectivity index (χ2v) is 10.8. The molecule has 1 amide bonds. The van der Waals surface area contributed by atoms with E-state index in [0.29, 0.717) is 39.8 Å². The molecular formula is C23H29ClN8O3S. The quantitative estimate of drug-likeness (QED) is 0.389. The van der Waals surface area contributed by atoms with E-state index in [0.717, 1.165) is 24.5 Å². The van der Waals surface area contributed by atoms with E-state index in [1.54, 1.807) is 12.1 Å². The Bertz CT molecular complexity index is 1210. The van der Waals surface area contributed by atoms with E-state index in [9.17, 15) is 9.90 Å². The number of aliphatic hydroxyl groups is 1. The van der Waals surface area contributed by atoms with Gasteiger partial charge in [0.05, 0.1) is 31.1 Å². The maximum absolute atomic E-state index is 12.8. The standard InChI is InChI=1S/C23H29ClN8O3S/c1-13(28-20(33)15-10-18(27-12-26-15)32-5-7-35-8-6-32)22-25-11-16(36-22)21(34)29-17-9-14(23(2,3)4)19(24)31-30-17/h9-13,20,28,33H,5-8H2,1-4H3,(H,29,30,34). The SMILES string of the molecule is CC(NC(O)c1cc(N2CCOCC2)ncn1)c1ncc(C(=O)Nc2cc(C(C)(C)C)c(Cl)nn2)s1. The summed E-state index contributed by atoms with van der Waals surface area (Å²) in [5.41, 5.74) is 0.982. The molecule has 0 aliphatic carbocycles. The molecule has 36 heavy (non-hydrogen) atoms. The number of rotatable bonds is 7. The first-order valence-corrected chi connectivity index (χ1v) is 12.7. The summed E-state index contributed by atoms with van der Waals surface area (Å²) in [4.78, 5) is 28.2. The van der Waals surface area contributed by atoms with Gasteiger partial charge in [0.25, 0.3) is 5.91 Å². The van der Waals surface area contributed by atoms with Crippen molar-refractivity contribution in [1.82, 2.24) is 30.5 Å². The highest BCUT2D eigenvalue weighted by atomic mass is 35.5. The third kappa shape index (κ3) is 6.31. The van der Waals surface area contributed by atoms with Crippen molar-refractivity contribution in [2.24, 2.45) is 0 Å². The van der Waals surface area contributed by atoms with Crippen molar-refractivity contribution in [3.8, 4) is 0 Å². The van der Waals surface area contributed by atoms with E-state index in [4.69, 9.17) is 16.3 Å². The molecule has 1 fully saturated rings. The van der Waals surface area contributed by atoms with E-state index in [1.807, 2.05) is 27.7 Å². The monoisotopic (exact) mass is 532 g/mol. The first kappa shape index (κ1) is 26.3. The average molecular weight is 533 g/mol. The lowest BCUT2D eigenvalue weighted by molar-refractivity contribution is 0.102. The molecule has 0 aromatic carbocycles. The normalized spacial score (nSPS) is 16.0. The van der Waals surface area contributed by atoms with E-state index < -0.39 is 6.23 Å². The van der Waals surface area contributed by atoms with Crippen molar-refractivity contribution in [2.75, 3.05) is 36.5 Å². The van der Waals surface area contributed by atoms with Crippen LogP contribution in [0.4, 0.5) is 11.6 Å². The number of nitrogens with zero attached hydrogens (tertiary/aromatic N) is 6. The molecule has 3 N–H and O–H groups in total. The third-order valence-corrected chi connectivity index (χ3v) is 7.07. The van der Waals surface area contributed by atoms with Crippen LogP contribution in [0, 0.1) is 0 Å². The Balaban J connectivity index is 1.39. The van der Waals surface area contributed by atoms with Crippen LogP contribution in [0.1, 0.15) is 65.9 Å². The fraction of sp³-hybridized carbons (Fsp3) is 0.478. The Morgan fingerprint density at radius 2 is 1.94 bits per heavy atom. The summed E-state index contributed by atoms with van der Waals surface area (Å²) in [6, 6.07) is 3.15. The lowest BCUT2D eigenvalue weighted by Gasteiger charge is -2.28. The minimum Gasteiger partial charge on any atom is -0.378 e. The van der Waals surface area contributed by atoms with Crippen LogP contribution >= 0.6 is 22.9 Å². The summed E-state index contributed by atoms with van der Waals surface area (Å²) in [6.07, 6.45) is 1.89. The fourth-order valence-electron chi connectivity index (χ4n) is 3.60. The number of thiazole rings is 1. The predicted octanol–water partition coefficient (Wildman–Crippen LogP) is 3.10. The molecule has 3 aromatic rings. The molecule has 1 aliphatic heterocycles. The molecule has 4 heterocycles. The minimum atomic E-state index is -1.04. The number of amides is 1. The van der Waals surface area contributed by atoms with Gasteiger partial charge < -0.3 is 20.1 Å². The van der Waals surface area contributed by atoms with Gasteiger partial charge in [-0.2, -0.15) is 0 Å². The van der Waals surface area contributed by atoms with Crippen molar-refractivity contribution in [2.45, 2.75) is 45.4 Å². The number of carbonyl (C=O) groups excluding carboxylic acids is 1. The first-order chi connectivity index (χ1) is 17.1. The van der Waals surface area contributed by atoms with Gasteiger partial charge in [0.15, 0.2) is 11.0 Å². The van der Waals surface area contributed by atoms with Crippen LogP contribution < -0.4 is 15.5 Å². The van der Waals surface area contributed by atoms with Crippen LogP contribution in [0.15, 0.2) is 24.7 Å². The molecule has 0 saturated carbocycles. The summed E-state index contributed by atoms with van der Waals surface area (Å²) >= 11 is 7.39. The average Bonchev–Trinajstić information content (AvgIpc) is 3.36. The lowest BCUT2D eigenvalue weighted by Crippen LogP contribution is -2.37. The Kier molecular flexibility index (Phi) is 8.10. The maximum atomic E-state index is 12.8. The van der Waals surface area contributed by atoms with Gasteiger partial charge in [0.2, 0.25) is 0 Å². The molecule has 192 valence electrons. The molecule has 13 heteroatoms. The van der Waals surface area contributed by atoms with Gasteiger partial charge in [-0.3, -0.25) is 10.1 Å². The van der Waals surface area contributed by atoms with Crippen molar-refractivity contribution < 1.29 is 14.6 Å². The minimum absolute atomic E-state index is 0.251. The predicted molar refractivity (Wildman–Crippen MR) is 137 cm³/mol. The van der Waals surface area contributed by atoms with Crippen LogP contribution in [0.5, 0.6) is 0 Å².